The summed E-state index contributed by atoms with van der Waals surface area (Å²) >= 11 is 0. The van der Waals surface area contributed by atoms with E-state index in [9.17, 15) is 10.2 Å². The van der Waals surface area contributed by atoms with Crippen LogP contribution in [0.5, 0.6) is 0 Å². The van der Waals surface area contributed by atoms with Gasteiger partial charge in [-0.25, -0.2) is 0 Å². The molecule has 3 nitrogen and oxygen atoms in total. The highest BCUT2D eigenvalue weighted by molar-refractivity contribution is 5.46. The fraction of sp³-hybridized carbons (Fsp3) is 0.200. The highest BCUT2D eigenvalue weighted by Gasteiger charge is 2.11. The number of aliphatic hydroxyl groups excluding tert-OH is 2. The minimum Gasteiger partial charge on any atom is -0.379 e. The van der Waals surface area contributed by atoms with Crippen LogP contribution in [0, 0.1) is 166 Å². The summed E-state index contributed by atoms with van der Waals surface area (Å²) in [5.74, 6) is 67.2. The molecule has 2 atom stereocenters. The molecule has 0 aromatic heterocycles. The van der Waals surface area contributed by atoms with Crippen molar-refractivity contribution in [3.8, 4) is 166 Å². The van der Waals surface area contributed by atoms with E-state index in [1.807, 2.05) is 6.92 Å². The summed E-state index contributed by atoms with van der Waals surface area (Å²) in [6.07, 6.45) is 3.04. The van der Waals surface area contributed by atoms with Gasteiger partial charge in [-0.2, -0.15) is 0 Å². The van der Waals surface area contributed by atoms with Crippen LogP contribution in [0.1, 0.15) is 13.8 Å². The van der Waals surface area contributed by atoms with Gasteiger partial charge in [0, 0.05) is 13.1 Å². The van der Waals surface area contributed by atoms with Crippen LogP contribution in [-0.4, -0.2) is 47.0 Å². The summed E-state index contributed by atoms with van der Waals surface area (Å²) in [5.41, 5.74) is 0. The smallest absolute Gasteiger partial charge is 0.128 e. The first-order valence-corrected chi connectivity index (χ1v) is 10.6. The first-order chi connectivity index (χ1) is 18.6. The Bertz CT molecular complexity index is 1730. The minimum atomic E-state index is -0.963. The van der Waals surface area contributed by atoms with Crippen LogP contribution >= 0.6 is 0 Å². The Morgan fingerprint density at radius 3 is 1.08 bits per heavy atom. The molecule has 174 valence electrons. The second kappa shape index (κ2) is 25.3. The molecule has 0 aliphatic carbocycles. The number of rotatable bonds is 5. The van der Waals surface area contributed by atoms with Crippen molar-refractivity contribution in [3.05, 3.63) is 0 Å². The van der Waals surface area contributed by atoms with Gasteiger partial charge >= 0.3 is 0 Å². The number of terminal acetylenes is 1. The average molecular weight is 484 g/mol. The molecule has 0 radical (unpaired) electrons. The number of likely N-dealkylation sites (N-methyl/N-ethyl adjacent to an activating group) is 1. The van der Waals surface area contributed by atoms with Crippen LogP contribution in [0.4, 0.5) is 0 Å². The zero-order chi connectivity index (χ0) is 27.9. The van der Waals surface area contributed by atoms with Crippen molar-refractivity contribution in [1.82, 2.24) is 4.90 Å². The molecule has 0 fully saturated rings. The summed E-state index contributed by atoms with van der Waals surface area (Å²) in [6.45, 7) is 4.56. The Kier molecular flexibility index (Phi) is 21.2. The monoisotopic (exact) mass is 483 g/mol. The Morgan fingerprint density at radius 1 is 0.500 bits per heavy atom. The summed E-state index contributed by atoms with van der Waals surface area (Å²) < 4.78 is 0. The summed E-state index contributed by atoms with van der Waals surface area (Å²) in [6, 6.07) is 0. The van der Waals surface area contributed by atoms with Gasteiger partial charge in [0.1, 0.15) is 12.2 Å². The van der Waals surface area contributed by atoms with E-state index in [2.05, 4.69) is 160 Å². The lowest BCUT2D eigenvalue weighted by molar-refractivity contribution is 0.115. The highest BCUT2D eigenvalue weighted by atomic mass is 16.3. The molecule has 0 saturated carbocycles. The van der Waals surface area contributed by atoms with Crippen LogP contribution in [0.3, 0.4) is 0 Å². The lowest BCUT2D eigenvalue weighted by Crippen LogP contribution is -2.37. The first-order valence-electron chi connectivity index (χ1n) is 10.6. The zero-order valence-electron chi connectivity index (χ0n) is 20.7. The Balaban J connectivity index is 4.65. The van der Waals surface area contributed by atoms with Gasteiger partial charge in [0.25, 0.3) is 0 Å². The van der Waals surface area contributed by atoms with Gasteiger partial charge in [-0.3, -0.25) is 4.90 Å². The molecule has 0 aliphatic heterocycles. The summed E-state index contributed by atoms with van der Waals surface area (Å²) in [4.78, 5) is 1.79. The van der Waals surface area contributed by atoms with Crippen LogP contribution in [0.15, 0.2) is 0 Å². The third kappa shape index (κ3) is 22.9. The number of aliphatic hydroxyl groups is 2. The van der Waals surface area contributed by atoms with E-state index in [1.54, 1.807) is 11.8 Å². The lowest BCUT2D eigenvalue weighted by atomic mass is 10.2. The first kappa shape index (κ1) is 31.7. The van der Waals surface area contributed by atoms with Crippen molar-refractivity contribution in [2.24, 2.45) is 0 Å². The van der Waals surface area contributed by atoms with E-state index in [-0.39, 0.29) is 13.1 Å². The molecule has 0 heterocycles. The Morgan fingerprint density at radius 2 is 0.789 bits per heavy atom. The molecular formula is C35H17NO2. The molecular weight excluding hydrogens is 466 g/mol. The number of hydrogen-bond donors (Lipinski definition) is 2. The molecule has 0 aromatic rings. The van der Waals surface area contributed by atoms with Gasteiger partial charge in [0.2, 0.25) is 0 Å². The zero-order valence-corrected chi connectivity index (χ0v) is 20.7. The van der Waals surface area contributed by atoms with E-state index in [1.165, 1.54) is 0 Å². The fourth-order valence-corrected chi connectivity index (χ4v) is 1.84. The molecule has 0 spiro atoms. The average Bonchev–Trinajstić information content (AvgIpc) is 2.91. The van der Waals surface area contributed by atoms with E-state index >= 15 is 0 Å². The molecule has 2 N–H and O–H groups in total. The molecule has 0 bridgehead atoms. The van der Waals surface area contributed by atoms with Crippen LogP contribution in [-0.2, 0) is 0 Å². The van der Waals surface area contributed by atoms with Crippen LogP contribution in [0.2, 0.25) is 0 Å². The maximum absolute atomic E-state index is 10.1. The second-order valence-electron chi connectivity index (χ2n) is 5.94. The van der Waals surface area contributed by atoms with E-state index in [0.717, 1.165) is 0 Å². The quantitative estimate of drug-likeness (QED) is 0.530. The standard InChI is InChI=1S/C35H17NO2/c1-4-7-9-11-13-15-16-17-18-19-20-21-22-23-25-27-29-31-35(38)33-36(6-3)32-34(37)30-28-26-24-14-12-10-8-5-2/h2,34-35,37-38H,6,32-33H2,1,3H3. The number of nitrogens with zero attached hydrogens (tertiary/aromatic N) is 1. The van der Waals surface area contributed by atoms with Crippen LogP contribution in [0.25, 0.3) is 0 Å². The molecule has 0 aromatic carbocycles. The van der Waals surface area contributed by atoms with Gasteiger partial charge in [-0.1, -0.05) is 24.7 Å². The van der Waals surface area contributed by atoms with Gasteiger partial charge in [-0.05, 0) is 156 Å². The van der Waals surface area contributed by atoms with Crippen molar-refractivity contribution >= 4 is 0 Å². The van der Waals surface area contributed by atoms with Crippen molar-refractivity contribution in [1.29, 1.82) is 0 Å². The van der Waals surface area contributed by atoms with E-state index < -0.39 is 12.2 Å². The largest absolute Gasteiger partial charge is 0.379 e. The maximum atomic E-state index is 10.1. The predicted octanol–water partition coefficient (Wildman–Crippen LogP) is -0.273. The van der Waals surface area contributed by atoms with Gasteiger partial charge in [-0.15, -0.1) is 6.42 Å². The van der Waals surface area contributed by atoms with Crippen LogP contribution < -0.4 is 0 Å². The molecule has 3 heteroatoms. The molecule has 0 amide bonds. The highest BCUT2D eigenvalue weighted by Crippen LogP contribution is 1.95. The predicted molar refractivity (Wildman–Crippen MR) is 150 cm³/mol. The van der Waals surface area contributed by atoms with Gasteiger partial charge in [0.05, 0.1) is 0 Å². The topological polar surface area (TPSA) is 43.7 Å². The van der Waals surface area contributed by atoms with Gasteiger partial charge < -0.3 is 10.2 Å². The normalized spacial score (nSPS) is 7.68. The Labute approximate surface area is 226 Å². The fourth-order valence-electron chi connectivity index (χ4n) is 1.84. The lowest BCUT2D eigenvalue weighted by Gasteiger charge is -2.22. The molecule has 0 saturated heterocycles. The minimum absolute atomic E-state index is 0.208. The Hall–Kier alpha value is -6.28. The molecule has 38 heavy (non-hydrogen) atoms. The van der Waals surface area contributed by atoms with Crippen molar-refractivity contribution in [2.45, 2.75) is 26.1 Å². The summed E-state index contributed by atoms with van der Waals surface area (Å²) in [7, 11) is 0. The third-order valence-electron chi connectivity index (χ3n) is 3.30. The number of hydrogen-bond acceptors (Lipinski definition) is 3. The van der Waals surface area contributed by atoms with E-state index in [0.29, 0.717) is 6.54 Å². The molecule has 0 rings (SSSR count). The van der Waals surface area contributed by atoms with Crippen molar-refractivity contribution in [2.75, 3.05) is 19.6 Å². The SMILES string of the molecule is C#CC#CC#CC#CC#CC(O)CN(CC)CC(O)C#CC#CC#CC#CC#CC#CC#CC#CC#CC. The van der Waals surface area contributed by atoms with Crippen molar-refractivity contribution < 1.29 is 10.2 Å². The molecule has 2 unspecified atom stereocenters. The van der Waals surface area contributed by atoms with Crippen molar-refractivity contribution in [3.63, 3.8) is 0 Å². The van der Waals surface area contributed by atoms with Gasteiger partial charge in [0.15, 0.2) is 0 Å². The summed E-state index contributed by atoms with van der Waals surface area (Å²) in [5, 5.41) is 20.1. The van der Waals surface area contributed by atoms with E-state index in [4.69, 9.17) is 6.42 Å². The maximum Gasteiger partial charge on any atom is 0.128 e. The molecule has 0 aliphatic rings. The third-order valence-corrected chi connectivity index (χ3v) is 3.30. The second-order valence-corrected chi connectivity index (χ2v) is 5.94.